The standard InChI is InChI=1S/C27H21N4P/c1-3-13-23(14-4-1)32(24-15-5-2-6-16-24)26-18-10-8-12-22(26)20-29-31-27-25-17-9-7-11-21(25)19-28-30-27/h1-20H,(H,30,31). The summed E-state index contributed by atoms with van der Waals surface area (Å²) in [5.41, 5.74) is 4.16. The van der Waals surface area contributed by atoms with E-state index in [-0.39, 0.29) is 0 Å². The third-order valence-corrected chi connectivity index (χ3v) is 7.67. The van der Waals surface area contributed by atoms with E-state index in [9.17, 15) is 0 Å². The van der Waals surface area contributed by atoms with Crippen LogP contribution in [0.4, 0.5) is 5.82 Å². The first-order valence-electron chi connectivity index (χ1n) is 10.4. The number of fused-ring (bicyclic) bond motifs is 1. The zero-order valence-corrected chi connectivity index (χ0v) is 18.2. The Morgan fingerprint density at radius 2 is 1.31 bits per heavy atom. The molecule has 0 atom stereocenters. The number of aromatic nitrogens is 2. The maximum absolute atomic E-state index is 4.53. The van der Waals surface area contributed by atoms with Crippen molar-refractivity contribution in [3.05, 3.63) is 121 Å². The van der Waals surface area contributed by atoms with Gasteiger partial charge in [0.15, 0.2) is 5.82 Å². The summed E-state index contributed by atoms with van der Waals surface area (Å²) in [6.45, 7) is 0. The molecule has 0 saturated heterocycles. The highest BCUT2D eigenvalue weighted by Gasteiger charge is 2.18. The summed E-state index contributed by atoms with van der Waals surface area (Å²) in [6.07, 6.45) is 3.63. The predicted octanol–water partition coefficient (Wildman–Crippen LogP) is 4.83. The number of rotatable bonds is 6. The maximum Gasteiger partial charge on any atom is 0.176 e. The van der Waals surface area contributed by atoms with Crippen LogP contribution in [0, 0.1) is 0 Å². The molecule has 0 radical (unpaired) electrons. The molecule has 1 N–H and O–H groups in total. The molecule has 0 aliphatic carbocycles. The Bertz CT molecular complexity index is 1310. The molecule has 0 saturated carbocycles. The monoisotopic (exact) mass is 432 g/mol. The van der Waals surface area contributed by atoms with Crippen LogP contribution in [-0.4, -0.2) is 16.4 Å². The molecule has 5 heteroatoms. The van der Waals surface area contributed by atoms with Crippen LogP contribution in [-0.2, 0) is 0 Å². The van der Waals surface area contributed by atoms with Crippen LogP contribution < -0.4 is 21.3 Å². The highest BCUT2D eigenvalue weighted by atomic mass is 31.1. The van der Waals surface area contributed by atoms with Gasteiger partial charge in [-0.15, -0.1) is 5.10 Å². The smallest absolute Gasteiger partial charge is 0.176 e. The highest BCUT2D eigenvalue weighted by Crippen LogP contribution is 2.33. The fourth-order valence-corrected chi connectivity index (χ4v) is 6.08. The van der Waals surface area contributed by atoms with Crippen LogP contribution in [0.5, 0.6) is 0 Å². The third-order valence-electron chi connectivity index (χ3n) is 5.15. The first-order valence-corrected chi connectivity index (χ1v) is 11.7. The number of nitrogens with one attached hydrogen (secondary N) is 1. The lowest BCUT2D eigenvalue weighted by Crippen LogP contribution is -2.23. The molecular formula is C27H21N4P. The van der Waals surface area contributed by atoms with E-state index >= 15 is 0 Å². The Kier molecular flexibility index (Phi) is 5.95. The van der Waals surface area contributed by atoms with Crippen molar-refractivity contribution >= 4 is 46.6 Å². The first kappa shape index (κ1) is 20.0. The normalized spacial score (nSPS) is 11.3. The van der Waals surface area contributed by atoms with Crippen LogP contribution in [0.2, 0.25) is 0 Å². The lowest BCUT2D eigenvalue weighted by atomic mass is 10.2. The van der Waals surface area contributed by atoms with Gasteiger partial charge >= 0.3 is 0 Å². The number of anilines is 1. The van der Waals surface area contributed by atoms with Gasteiger partial charge in [-0.1, -0.05) is 109 Å². The van der Waals surface area contributed by atoms with E-state index in [0.29, 0.717) is 5.82 Å². The fourth-order valence-electron chi connectivity index (χ4n) is 3.66. The summed E-state index contributed by atoms with van der Waals surface area (Å²) >= 11 is 0. The van der Waals surface area contributed by atoms with E-state index in [1.54, 1.807) is 6.20 Å². The van der Waals surface area contributed by atoms with Crippen LogP contribution in [0.1, 0.15) is 5.56 Å². The Balaban J connectivity index is 1.51. The third kappa shape index (κ3) is 4.27. The quantitative estimate of drug-likeness (QED) is 0.237. The van der Waals surface area contributed by atoms with Crippen molar-refractivity contribution in [3.63, 3.8) is 0 Å². The van der Waals surface area contributed by atoms with Gasteiger partial charge in [-0.3, -0.25) is 5.43 Å². The number of hydrogen-bond acceptors (Lipinski definition) is 4. The second-order valence-corrected chi connectivity index (χ2v) is 9.40. The highest BCUT2D eigenvalue weighted by molar-refractivity contribution is 7.80. The average molecular weight is 432 g/mol. The molecule has 0 unspecified atom stereocenters. The van der Waals surface area contributed by atoms with Gasteiger partial charge < -0.3 is 0 Å². The number of benzene rings is 4. The minimum absolute atomic E-state index is 0.644. The van der Waals surface area contributed by atoms with Gasteiger partial charge in [0, 0.05) is 16.3 Å². The van der Waals surface area contributed by atoms with Crippen molar-refractivity contribution in [1.29, 1.82) is 0 Å². The lowest BCUT2D eigenvalue weighted by Gasteiger charge is -2.21. The summed E-state index contributed by atoms with van der Waals surface area (Å²) in [5.74, 6) is 0.644. The fraction of sp³-hybridized carbons (Fsp3) is 0. The molecule has 1 heterocycles. The molecule has 32 heavy (non-hydrogen) atoms. The second kappa shape index (κ2) is 9.51. The molecule has 4 aromatic carbocycles. The summed E-state index contributed by atoms with van der Waals surface area (Å²) in [5, 5.41) is 18.7. The topological polar surface area (TPSA) is 50.2 Å². The lowest BCUT2D eigenvalue weighted by molar-refractivity contribution is 1.04. The van der Waals surface area contributed by atoms with E-state index in [1.807, 2.05) is 36.5 Å². The molecule has 0 spiro atoms. The Labute approximate surface area is 188 Å². The van der Waals surface area contributed by atoms with Crippen molar-refractivity contribution in [2.24, 2.45) is 5.10 Å². The summed E-state index contributed by atoms with van der Waals surface area (Å²) in [4.78, 5) is 0. The minimum atomic E-state index is -0.713. The molecule has 154 valence electrons. The maximum atomic E-state index is 4.53. The van der Waals surface area contributed by atoms with Gasteiger partial charge in [-0.2, -0.15) is 10.2 Å². The molecule has 4 nitrogen and oxygen atoms in total. The van der Waals surface area contributed by atoms with Crippen molar-refractivity contribution in [2.45, 2.75) is 0 Å². The van der Waals surface area contributed by atoms with E-state index in [1.165, 1.54) is 15.9 Å². The van der Waals surface area contributed by atoms with Gasteiger partial charge in [-0.05, 0) is 23.8 Å². The van der Waals surface area contributed by atoms with Crippen molar-refractivity contribution < 1.29 is 0 Å². The molecule has 0 aliphatic rings. The molecule has 5 rings (SSSR count). The SMILES string of the molecule is C(=NNc1nncc2ccccc12)c1ccccc1P(c1ccccc1)c1ccccc1. The summed E-state index contributed by atoms with van der Waals surface area (Å²) in [7, 11) is -0.713. The molecule has 0 aliphatic heterocycles. The van der Waals surface area contributed by atoms with Crippen molar-refractivity contribution in [1.82, 2.24) is 10.2 Å². The van der Waals surface area contributed by atoms with E-state index in [0.717, 1.165) is 16.3 Å². The van der Waals surface area contributed by atoms with Gasteiger partial charge in [0.05, 0.1) is 12.4 Å². The van der Waals surface area contributed by atoms with E-state index in [4.69, 9.17) is 0 Å². The summed E-state index contributed by atoms with van der Waals surface area (Å²) < 4.78 is 0. The Morgan fingerprint density at radius 1 is 0.688 bits per heavy atom. The number of nitrogens with zero attached hydrogens (tertiary/aromatic N) is 3. The molecule has 0 fully saturated rings. The van der Waals surface area contributed by atoms with Crippen molar-refractivity contribution in [3.8, 4) is 0 Å². The minimum Gasteiger partial charge on any atom is -0.259 e. The van der Waals surface area contributed by atoms with Gasteiger partial charge in [0.1, 0.15) is 0 Å². The van der Waals surface area contributed by atoms with E-state index < -0.39 is 7.92 Å². The molecule has 5 aromatic rings. The predicted molar refractivity (Wildman–Crippen MR) is 136 cm³/mol. The number of hydrogen-bond donors (Lipinski definition) is 1. The second-order valence-electron chi connectivity index (χ2n) is 7.22. The zero-order chi connectivity index (χ0) is 21.6. The molecule has 0 amide bonds. The van der Waals surface area contributed by atoms with E-state index in [2.05, 4.69) is 99.6 Å². The number of hydrazone groups is 1. The zero-order valence-electron chi connectivity index (χ0n) is 17.3. The van der Waals surface area contributed by atoms with Crippen molar-refractivity contribution in [2.75, 3.05) is 5.43 Å². The average Bonchev–Trinajstić information content (AvgIpc) is 2.87. The molecule has 0 bridgehead atoms. The molecular weight excluding hydrogens is 411 g/mol. The van der Waals surface area contributed by atoms with Gasteiger partial charge in [0.2, 0.25) is 0 Å². The van der Waals surface area contributed by atoms with Gasteiger partial charge in [-0.25, -0.2) is 0 Å². The van der Waals surface area contributed by atoms with Crippen LogP contribution in [0.25, 0.3) is 10.8 Å². The van der Waals surface area contributed by atoms with Crippen LogP contribution >= 0.6 is 7.92 Å². The molecule has 1 aromatic heterocycles. The Hall–Kier alpha value is -3.88. The summed E-state index contributed by atoms with van der Waals surface area (Å²) in [6, 6.07) is 37.8. The Morgan fingerprint density at radius 3 is 2.06 bits per heavy atom. The van der Waals surface area contributed by atoms with Gasteiger partial charge in [0.25, 0.3) is 0 Å². The van der Waals surface area contributed by atoms with Crippen LogP contribution in [0.15, 0.2) is 120 Å². The van der Waals surface area contributed by atoms with Crippen LogP contribution in [0.3, 0.4) is 0 Å². The first-order chi connectivity index (χ1) is 15.9. The largest absolute Gasteiger partial charge is 0.259 e.